The van der Waals surface area contributed by atoms with E-state index in [-0.39, 0.29) is 11.8 Å². The van der Waals surface area contributed by atoms with E-state index in [1.54, 1.807) is 0 Å². The molecule has 8 heteroatoms. The van der Waals surface area contributed by atoms with E-state index in [2.05, 4.69) is 34.4 Å². The summed E-state index contributed by atoms with van der Waals surface area (Å²) in [4.78, 5) is 28.7. The number of benzene rings is 2. The highest BCUT2D eigenvalue weighted by Gasteiger charge is 2.32. The van der Waals surface area contributed by atoms with Crippen molar-refractivity contribution in [1.29, 1.82) is 0 Å². The van der Waals surface area contributed by atoms with Gasteiger partial charge in [-0.05, 0) is 81.5 Å². The average Bonchev–Trinajstić information content (AvgIpc) is 3.23. The number of likely N-dealkylation sites (N-methyl/N-ethyl adjacent to an activating group) is 1. The highest BCUT2D eigenvalue weighted by atomic mass is 16.5. The molecule has 3 heterocycles. The lowest BCUT2D eigenvalue weighted by Crippen LogP contribution is -2.43. The molecule has 5 rings (SSSR count). The zero-order chi connectivity index (χ0) is 22.9. The van der Waals surface area contributed by atoms with E-state index >= 15 is 0 Å². The molecular weight excluding hydrogens is 420 g/mol. The molecule has 1 atom stereocenters. The Labute approximate surface area is 192 Å². The average molecular weight is 451 g/mol. The molecule has 0 aliphatic carbocycles. The minimum absolute atomic E-state index is 0.239. The van der Waals surface area contributed by atoms with E-state index in [9.17, 15) is 9.59 Å². The van der Waals surface area contributed by atoms with Gasteiger partial charge in [-0.3, -0.25) is 19.8 Å². The van der Waals surface area contributed by atoms with Gasteiger partial charge in [-0.1, -0.05) is 11.2 Å². The maximum absolute atomic E-state index is 12.4. The largest absolute Gasteiger partial charge is 0.492 e. The van der Waals surface area contributed by atoms with Gasteiger partial charge in [0.05, 0.1) is 11.3 Å². The molecule has 1 aromatic heterocycles. The van der Waals surface area contributed by atoms with Gasteiger partial charge in [0.15, 0.2) is 5.58 Å². The number of piperidine rings is 2. The van der Waals surface area contributed by atoms with E-state index in [0.717, 1.165) is 41.5 Å². The SMILES string of the molecule is CN1CCC(N(C)CCOc2ccc3c(ccc4onc(C5CCC(=O)NC5=O)c43)c2)CC1. The molecule has 2 fully saturated rings. The Hall–Kier alpha value is -2.97. The number of carbonyl (C=O) groups excluding carboxylic acids is 2. The Kier molecular flexibility index (Phi) is 6.03. The Balaban J connectivity index is 1.31. The Morgan fingerprint density at radius 2 is 2.00 bits per heavy atom. The number of nitrogens with one attached hydrogen (secondary N) is 1. The zero-order valence-electron chi connectivity index (χ0n) is 19.2. The summed E-state index contributed by atoms with van der Waals surface area (Å²) in [6.45, 7) is 3.82. The van der Waals surface area contributed by atoms with Gasteiger partial charge < -0.3 is 14.2 Å². The molecule has 2 aliphatic rings. The number of ether oxygens (including phenoxy) is 1. The summed E-state index contributed by atoms with van der Waals surface area (Å²) < 4.78 is 11.6. The van der Waals surface area contributed by atoms with Crippen molar-refractivity contribution in [3.63, 3.8) is 0 Å². The quantitative estimate of drug-likeness (QED) is 0.578. The second-order valence-corrected chi connectivity index (χ2v) is 9.26. The molecule has 2 aliphatic heterocycles. The Morgan fingerprint density at radius 3 is 2.79 bits per heavy atom. The van der Waals surface area contributed by atoms with E-state index < -0.39 is 5.92 Å². The number of nitrogens with zero attached hydrogens (tertiary/aromatic N) is 3. The topological polar surface area (TPSA) is 87.9 Å². The minimum atomic E-state index is -0.486. The molecule has 8 nitrogen and oxygen atoms in total. The molecule has 33 heavy (non-hydrogen) atoms. The van der Waals surface area contributed by atoms with Crippen LogP contribution in [-0.4, -0.2) is 73.1 Å². The van der Waals surface area contributed by atoms with Crippen LogP contribution in [0.4, 0.5) is 0 Å². The zero-order valence-corrected chi connectivity index (χ0v) is 19.2. The van der Waals surface area contributed by atoms with Crippen molar-refractivity contribution in [2.24, 2.45) is 0 Å². The summed E-state index contributed by atoms with van der Waals surface area (Å²) in [6, 6.07) is 10.4. The first-order chi connectivity index (χ1) is 16.0. The lowest BCUT2D eigenvalue weighted by atomic mass is 9.91. The van der Waals surface area contributed by atoms with Crippen LogP contribution in [0.3, 0.4) is 0 Å². The molecule has 2 amide bonds. The fourth-order valence-corrected chi connectivity index (χ4v) is 4.98. The van der Waals surface area contributed by atoms with Gasteiger partial charge in [-0.25, -0.2) is 0 Å². The highest BCUT2D eigenvalue weighted by Crippen LogP contribution is 2.36. The number of hydrogen-bond acceptors (Lipinski definition) is 7. The van der Waals surface area contributed by atoms with Crippen LogP contribution in [-0.2, 0) is 9.59 Å². The van der Waals surface area contributed by atoms with E-state index in [1.807, 2.05) is 30.3 Å². The summed E-state index contributed by atoms with van der Waals surface area (Å²) in [6.07, 6.45) is 3.15. The second-order valence-electron chi connectivity index (χ2n) is 9.26. The first kappa shape index (κ1) is 21.9. The molecule has 1 N–H and O–H groups in total. The molecule has 0 bridgehead atoms. The van der Waals surface area contributed by atoms with Crippen LogP contribution in [0.15, 0.2) is 34.9 Å². The summed E-state index contributed by atoms with van der Waals surface area (Å²) in [5, 5.41) is 9.40. The molecule has 0 saturated carbocycles. The van der Waals surface area contributed by atoms with Crippen LogP contribution in [0.1, 0.15) is 37.3 Å². The van der Waals surface area contributed by atoms with Crippen LogP contribution in [0.2, 0.25) is 0 Å². The number of rotatable bonds is 6. The second kappa shape index (κ2) is 9.11. The maximum atomic E-state index is 12.4. The molecule has 0 spiro atoms. The van der Waals surface area contributed by atoms with Crippen molar-refractivity contribution in [2.75, 3.05) is 40.3 Å². The molecule has 174 valence electrons. The molecule has 1 unspecified atom stereocenters. The summed E-state index contributed by atoms with van der Waals surface area (Å²) in [5.74, 6) is -0.220. The number of hydrogen-bond donors (Lipinski definition) is 1. The number of likely N-dealkylation sites (tertiary alicyclic amines) is 1. The molecule has 2 saturated heterocycles. The van der Waals surface area contributed by atoms with Gasteiger partial charge in [-0.2, -0.15) is 0 Å². The van der Waals surface area contributed by atoms with Gasteiger partial charge >= 0.3 is 0 Å². The third-order valence-corrected chi connectivity index (χ3v) is 7.04. The van der Waals surface area contributed by atoms with Crippen molar-refractivity contribution in [1.82, 2.24) is 20.3 Å². The van der Waals surface area contributed by atoms with E-state index in [0.29, 0.717) is 36.8 Å². The third kappa shape index (κ3) is 4.45. The van der Waals surface area contributed by atoms with Crippen molar-refractivity contribution >= 4 is 33.6 Å². The van der Waals surface area contributed by atoms with E-state index in [1.165, 1.54) is 12.8 Å². The van der Waals surface area contributed by atoms with Crippen LogP contribution >= 0.6 is 0 Å². The van der Waals surface area contributed by atoms with Crippen LogP contribution in [0, 0.1) is 0 Å². The van der Waals surface area contributed by atoms with Crippen molar-refractivity contribution in [2.45, 2.75) is 37.6 Å². The summed E-state index contributed by atoms with van der Waals surface area (Å²) >= 11 is 0. The van der Waals surface area contributed by atoms with Crippen LogP contribution in [0.25, 0.3) is 21.7 Å². The molecule has 2 aromatic carbocycles. The van der Waals surface area contributed by atoms with Crippen molar-refractivity contribution in [3.8, 4) is 5.75 Å². The number of amides is 2. The van der Waals surface area contributed by atoms with Gasteiger partial charge in [0.25, 0.3) is 0 Å². The molecule has 0 radical (unpaired) electrons. The first-order valence-electron chi connectivity index (χ1n) is 11.7. The fourth-order valence-electron chi connectivity index (χ4n) is 4.98. The van der Waals surface area contributed by atoms with Gasteiger partial charge in [-0.15, -0.1) is 0 Å². The number of carbonyl (C=O) groups is 2. The lowest BCUT2D eigenvalue weighted by molar-refractivity contribution is -0.134. The molecule has 3 aromatic rings. The van der Waals surface area contributed by atoms with Gasteiger partial charge in [0.1, 0.15) is 18.1 Å². The lowest BCUT2D eigenvalue weighted by Gasteiger charge is -2.35. The smallest absolute Gasteiger partial charge is 0.235 e. The number of imide groups is 1. The van der Waals surface area contributed by atoms with Crippen molar-refractivity contribution in [3.05, 3.63) is 36.0 Å². The number of fused-ring (bicyclic) bond motifs is 3. The molecular formula is C25H30N4O4. The predicted octanol–water partition coefficient (Wildman–Crippen LogP) is 2.91. The monoisotopic (exact) mass is 450 g/mol. The third-order valence-electron chi connectivity index (χ3n) is 7.04. The van der Waals surface area contributed by atoms with Gasteiger partial charge in [0.2, 0.25) is 11.8 Å². The highest BCUT2D eigenvalue weighted by molar-refractivity contribution is 6.10. The first-order valence-corrected chi connectivity index (χ1v) is 11.7. The van der Waals surface area contributed by atoms with Crippen molar-refractivity contribution < 1.29 is 18.8 Å². The normalized spacial score (nSPS) is 20.6. The summed E-state index contributed by atoms with van der Waals surface area (Å²) in [7, 11) is 4.36. The fraction of sp³-hybridized carbons (Fsp3) is 0.480. The maximum Gasteiger partial charge on any atom is 0.235 e. The van der Waals surface area contributed by atoms with E-state index in [4.69, 9.17) is 9.26 Å². The van der Waals surface area contributed by atoms with Crippen LogP contribution in [0.5, 0.6) is 5.75 Å². The minimum Gasteiger partial charge on any atom is -0.492 e. The standard InChI is InChI=1S/C25H30N4O4/c1-28-11-9-17(10-12-28)29(2)13-14-32-18-4-5-19-16(15-18)3-7-21-23(19)24(27-33-21)20-6-8-22(30)26-25(20)31/h3-5,7,15,17,20H,6,8-14H2,1-2H3,(H,26,30,31). The predicted molar refractivity (Wildman–Crippen MR) is 125 cm³/mol. The summed E-state index contributed by atoms with van der Waals surface area (Å²) in [5.41, 5.74) is 1.23. The number of aromatic nitrogens is 1. The van der Waals surface area contributed by atoms with Crippen LogP contribution < -0.4 is 10.1 Å². The Morgan fingerprint density at radius 1 is 1.18 bits per heavy atom. The van der Waals surface area contributed by atoms with Gasteiger partial charge in [0, 0.05) is 19.0 Å². The Bertz CT molecular complexity index is 1180.